The highest BCUT2D eigenvalue weighted by atomic mass is 32.2. The van der Waals surface area contributed by atoms with E-state index >= 15 is 0 Å². The molecular formula is C11H21F3N4S. The largest absolute Gasteiger partial charge is 0.401 e. The predicted octanol–water partition coefficient (Wildman–Crippen LogP) is 1.15. The minimum atomic E-state index is -4.12. The molecule has 112 valence electrons. The van der Waals surface area contributed by atoms with Gasteiger partial charge in [-0.25, -0.2) is 0 Å². The Morgan fingerprint density at radius 1 is 1.47 bits per heavy atom. The molecule has 1 heterocycles. The molecule has 0 amide bonds. The number of nitrogens with zero attached hydrogens (tertiary/aromatic N) is 2. The Labute approximate surface area is 116 Å². The van der Waals surface area contributed by atoms with Crippen molar-refractivity contribution in [3.8, 4) is 0 Å². The summed E-state index contributed by atoms with van der Waals surface area (Å²) in [5.74, 6) is 1.62. The first-order valence-corrected chi connectivity index (χ1v) is 7.59. The first kappa shape index (κ1) is 16.4. The summed E-state index contributed by atoms with van der Waals surface area (Å²) in [6.45, 7) is 0.839. The van der Waals surface area contributed by atoms with Gasteiger partial charge < -0.3 is 10.6 Å². The van der Waals surface area contributed by atoms with Crippen molar-refractivity contribution in [1.82, 2.24) is 15.5 Å². The molecule has 0 aromatic rings. The van der Waals surface area contributed by atoms with E-state index in [9.17, 15) is 13.2 Å². The Morgan fingerprint density at radius 3 is 2.79 bits per heavy atom. The van der Waals surface area contributed by atoms with E-state index < -0.39 is 12.7 Å². The topological polar surface area (TPSA) is 39.7 Å². The molecule has 4 nitrogen and oxygen atoms in total. The molecular weight excluding hydrogens is 277 g/mol. The van der Waals surface area contributed by atoms with Crippen LogP contribution < -0.4 is 10.6 Å². The molecule has 2 N–H and O–H groups in total. The van der Waals surface area contributed by atoms with Crippen molar-refractivity contribution in [1.29, 1.82) is 0 Å². The highest BCUT2D eigenvalue weighted by Gasteiger charge is 2.34. The van der Waals surface area contributed by atoms with E-state index in [1.807, 2.05) is 6.26 Å². The summed E-state index contributed by atoms with van der Waals surface area (Å²) in [7, 11) is 1.66. The lowest BCUT2D eigenvalue weighted by molar-refractivity contribution is -0.143. The van der Waals surface area contributed by atoms with Gasteiger partial charge in [0, 0.05) is 38.5 Å². The Bertz CT molecular complexity index is 296. The van der Waals surface area contributed by atoms with Gasteiger partial charge in [0.15, 0.2) is 5.96 Å². The molecule has 1 aliphatic heterocycles. The first-order valence-electron chi connectivity index (χ1n) is 6.20. The molecule has 1 aliphatic rings. The number of hydrogen-bond acceptors (Lipinski definition) is 3. The summed E-state index contributed by atoms with van der Waals surface area (Å²) in [6, 6.07) is 0.0304. The highest BCUT2D eigenvalue weighted by Crippen LogP contribution is 2.19. The van der Waals surface area contributed by atoms with E-state index in [4.69, 9.17) is 0 Å². The SMILES string of the molecule is CN=C(NCCSC)NC1CCN(CC(F)(F)F)C1. The number of alkyl halides is 3. The molecule has 8 heteroatoms. The molecule has 0 aromatic heterocycles. The fourth-order valence-electron chi connectivity index (χ4n) is 2.01. The molecule has 1 saturated heterocycles. The Balaban J connectivity index is 2.30. The van der Waals surface area contributed by atoms with Crippen molar-refractivity contribution in [3.05, 3.63) is 0 Å². The van der Waals surface area contributed by atoms with Crippen molar-refractivity contribution in [3.63, 3.8) is 0 Å². The molecule has 0 aromatic carbocycles. The van der Waals surface area contributed by atoms with Gasteiger partial charge in [0.05, 0.1) is 6.54 Å². The zero-order valence-corrected chi connectivity index (χ0v) is 12.1. The molecule has 1 unspecified atom stereocenters. The van der Waals surface area contributed by atoms with Gasteiger partial charge in [0.25, 0.3) is 0 Å². The molecule has 0 saturated carbocycles. The molecule has 1 fully saturated rings. The van der Waals surface area contributed by atoms with Crippen LogP contribution in [0.2, 0.25) is 0 Å². The van der Waals surface area contributed by atoms with Crippen molar-refractivity contribution in [2.75, 3.05) is 45.2 Å². The average molecular weight is 298 g/mol. The van der Waals surface area contributed by atoms with Gasteiger partial charge in [0.1, 0.15) is 0 Å². The van der Waals surface area contributed by atoms with Crippen molar-refractivity contribution in [2.45, 2.75) is 18.6 Å². The molecule has 0 radical (unpaired) electrons. The van der Waals surface area contributed by atoms with Gasteiger partial charge >= 0.3 is 6.18 Å². The minimum absolute atomic E-state index is 0.0304. The second-order valence-corrected chi connectivity index (χ2v) is 5.46. The van der Waals surface area contributed by atoms with E-state index in [0.29, 0.717) is 25.5 Å². The normalized spacial score (nSPS) is 21.7. The zero-order valence-electron chi connectivity index (χ0n) is 11.3. The van der Waals surface area contributed by atoms with Crippen LogP contribution in [-0.2, 0) is 0 Å². The summed E-state index contributed by atoms with van der Waals surface area (Å²) in [6.07, 6.45) is -1.39. The van der Waals surface area contributed by atoms with E-state index in [1.165, 1.54) is 4.90 Å². The van der Waals surface area contributed by atoms with E-state index in [0.717, 1.165) is 12.3 Å². The van der Waals surface area contributed by atoms with Crippen LogP contribution in [-0.4, -0.2) is 68.3 Å². The number of aliphatic imine (C=N–C) groups is 1. The standard InChI is InChI=1S/C11H21F3N4S/c1-15-10(16-4-6-19-2)17-9-3-5-18(7-9)8-11(12,13)14/h9H,3-8H2,1-2H3,(H2,15,16,17). The Hall–Kier alpha value is -0.630. The van der Waals surface area contributed by atoms with Gasteiger partial charge in [0.2, 0.25) is 0 Å². The monoisotopic (exact) mass is 298 g/mol. The maximum Gasteiger partial charge on any atom is 0.401 e. The molecule has 0 bridgehead atoms. The number of nitrogens with one attached hydrogen (secondary N) is 2. The summed E-state index contributed by atoms with van der Waals surface area (Å²) in [4.78, 5) is 5.49. The van der Waals surface area contributed by atoms with E-state index in [-0.39, 0.29) is 6.04 Å². The number of guanidine groups is 1. The minimum Gasteiger partial charge on any atom is -0.356 e. The summed E-state index contributed by atoms with van der Waals surface area (Å²) < 4.78 is 36.8. The number of thioether (sulfide) groups is 1. The fourth-order valence-corrected chi connectivity index (χ4v) is 2.31. The summed E-state index contributed by atoms with van der Waals surface area (Å²) in [5, 5.41) is 6.30. The van der Waals surface area contributed by atoms with Gasteiger partial charge in [-0.2, -0.15) is 24.9 Å². The van der Waals surface area contributed by atoms with Crippen molar-refractivity contribution >= 4 is 17.7 Å². The number of likely N-dealkylation sites (tertiary alicyclic amines) is 1. The molecule has 0 aliphatic carbocycles. The molecule has 1 atom stereocenters. The van der Waals surface area contributed by atoms with Gasteiger partial charge in [-0.05, 0) is 12.7 Å². The third-order valence-electron chi connectivity index (χ3n) is 2.84. The lowest BCUT2D eigenvalue weighted by Crippen LogP contribution is -2.45. The maximum absolute atomic E-state index is 12.3. The third-order valence-corrected chi connectivity index (χ3v) is 3.45. The molecule has 1 rings (SSSR count). The van der Waals surface area contributed by atoms with Crippen LogP contribution in [0.1, 0.15) is 6.42 Å². The van der Waals surface area contributed by atoms with E-state index in [1.54, 1.807) is 18.8 Å². The third kappa shape index (κ3) is 6.91. The van der Waals surface area contributed by atoms with E-state index in [2.05, 4.69) is 15.6 Å². The second-order valence-electron chi connectivity index (χ2n) is 4.47. The van der Waals surface area contributed by atoms with Gasteiger partial charge in [-0.3, -0.25) is 9.89 Å². The Morgan fingerprint density at radius 2 is 2.21 bits per heavy atom. The van der Waals surface area contributed by atoms with Crippen LogP contribution in [0.5, 0.6) is 0 Å². The first-order chi connectivity index (χ1) is 8.94. The lowest BCUT2D eigenvalue weighted by atomic mass is 10.3. The van der Waals surface area contributed by atoms with Crippen LogP contribution in [0.15, 0.2) is 4.99 Å². The summed E-state index contributed by atoms with van der Waals surface area (Å²) in [5.41, 5.74) is 0. The van der Waals surface area contributed by atoms with Crippen molar-refractivity contribution in [2.24, 2.45) is 4.99 Å². The predicted molar refractivity (Wildman–Crippen MR) is 73.8 cm³/mol. The lowest BCUT2D eigenvalue weighted by Gasteiger charge is -2.19. The number of hydrogen-bond donors (Lipinski definition) is 2. The van der Waals surface area contributed by atoms with Crippen LogP contribution in [0.25, 0.3) is 0 Å². The molecule has 0 spiro atoms. The smallest absolute Gasteiger partial charge is 0.356 e. The van der Waals surface area contributed by atoms with Gasteiger partial charge in [-0.1, -0.05) is 0 Å². The Kier molecular flexibility index (Phi) is 6.78. The van der Waals surface area contributed by atoms with Crippen LogP contribution in [0.3, 0.4) is 0 Å². The number of rotatable bonds is 5. The fraction of sp³-hybridized carbons (Fsp3) is 0.909. The van der Waals surface area contributed by atoms with Crippen LogP contribution in [0.4, 0.5) is 13.2 Å². The van der Waals surface area contributed by atoms with Crippen LogP contribution >= 0.6 is 11.8 Å². The van der Waals surface area contributed by atoms with Crippen LogP contribution in [0, 0.1) is 0 Å². The summed E-state index contributed by atoms with van der Waals surface area (Å²) >= 11 is 1.73. The quantitative estimate of drug-likeness (QED) is 0.454. The molecule has 19 heavy (non-hydrogen) atoms. The van der Waals surface area contributed by atoms with Crippen molar-refractivity contribution < 1.29 is 13.2 Å². The zero-order chi connectivity index (χ0) is 14.3. The maximum atomic E-state index is 12.3. The highest BCUT2D eigenvalue weighted by molar-refractivity contribution is 7.98. The average Bonchev–Trinajstić information content (AvgIpc) is 2.73. The van der Waals surface area contributed by atoms with Gasteiger partial charge in [-0.15, -0.1) is 0 Å². The number of halogens is 3. The second kappa shape index (κ2) is 7.84.